The van der Waals surface area contributed by atoms with Crippen molar-refractivity contribution in [3.05, 3.63) is 0 Å². The van der Waals surface area contributed by atoms with Crippen molar-refractivity contribution in [2.75, 3.05) is 39.5 Å². The van der Waals surface area contributed by atoms with Gasteiger partial charge in [0.2, 0.25) is 0 Å². The molecular formula is C15H28IN3O2S. The Morgan fingerprint density at radius 3 is 2.73 bits per heavy atom. The van der Waals surface area contributed by atoms with Gasteiger partial charge < -0.3 is 15.0 Å². The highest BCUT2D eigenvalue weighted by molar-refractivity contribution is 14.0. The summed E-state index contributed by atoms with van der Waals surface area (Å²) in [5, 5.41) is 3.29. The molecule has 128 valence electrons. The molecule has 1 spiro atoms. The third-order valence-corrected chi connectivity index (χ3v) is 5.90. The second kappa shape index (κ2) is 9.85. The van der Waals surface area contributed by atoms with Crippen molar-refractivity contribution >= 4 is 47.7 Å². The molecule has 0 unspecified atom stereocenters. The minimum atomic E-state index is -0.184. The number of guanidine groups is 1. The summed E-state index contributed by atoms with van der Waals surface area (Å²) >= 11 is 2.15. The molecule has 0 aromatic carbocycles. The van der Waals surface area contributed by atoms with E-state index in [0.717, 1.165) is 24.8 Å². The number of rotatable bonds is 3. The van der Waals surface area contributed by atoms with E-state index in [1.165, 1.54) is 39.2 Å². The molecule has 22 heavy (non-hydrogen) atoms. The van der Waals surface area contributed by atoms with Crippen LogP contribution in [0.2, 0.25) is 0 Å². The van der Waals surface area contributed by atoms with Crippen molar-refractivity contribution in [2.45, 2.75) is 43.3 Å². The summed E-state index contributed by atoms with van der Waals surface area (Å²) in [6.07, 6.45) is 7.13. The lowest BCUT2D eigenvalue weighted by Crippen LogP contribution is -2.53. The maximum Gasteiger partial charge on any atom is 0.307 e. The second-order valence-electron chi connectivity index (χ2n) is 5.81. The molecule has 2 rings (SSSR count). The predicted octanol–water partition coefficient (Wildman–Crippen LogP) is 2.49. The van der Waals surface area contributed by atoms with Crippen LogP contribution in [0.5, 0.6) is 0 Å². The molecule has 2 aliphatic rings. The number of nitrogens with one attached hydrogen (secondary N) is 1. The van der Waals surface area contributed by atoms with Crippen LogP contribution in [0, 0.1) is 0 Å². The van der Waals surface area contributed by atoms with Crippen molar-refractivity contribution in [1.29, 1.82) is 0 Å². The van der Waals surface area contributed by atoms with Crippen LogP contribution in [0.4, 0.5) is 0 Å². The van der Waals surface area contributed by atoms with Crippen LogP contribution < -0.4 is 5.32 Å². The van der Waals surface area contributed by atoms with Crippen LogP contribution in [0.15, 0.2) is 4.99 Å². The number of esters is 1. The first-order valence-electron chi connectivity index (χ1n) is 7.85. The molecule has 1 N–H and O–H groups in total. The number of nitrogens with zero attached hydrogens (tertiary/aromatic N) is 2. The Morgan fingerprint density at radius 2 is 2.09 bits per heavy atom. The first-order chi connectivity index (χ1) is 10.2. The van der Waals surface area contributed by atoms with Crippen LogP contribution in [0.1, 0.15) is 38.5 Å². The largest absolute Gasteiger partial charge is 0.469 e. The van der Waals surface area contributed by atoms with E-state index in [1.54, 1.807) is 0 Å². The highest BCUT2D eigenvalue weighted by Gasteiger charge is 2.38. The molecule has 1 aliphatic heterocycles. The van der Waals surface area contributed by atoms with Gasteiger partial charge in [0.15, 0.2) is 5.96 Å². The van der Waals surface area contributed by atoms with Crippen molar-refractivity contribution in [3.8, 4) is 0 Å². The standard InChI is InChI=1S/C15H27N3O2S.HI/c1-16-14(17-9-6-13(19)20-2)18-10-11-21-15(12-18)7-4-3-5-8-15;/h3-12H2,1-2H3,(H,16,17);1H. The number of halogens is 1. The van der Waals surface area contributed by atoms with Gasteiger partial charge in [-0.1, -0.05) is 19.3 Å². The maximum absolute atomic E-state index is 11.2. The third-order valence-electron chi connectivity index (χ3n) is 4.36. The number of carbonyl (C=O) groups excluding carboxylic acids is 1. The smallest absolute Gasteiger partial charge is 0.307 e. The number of methoxy groups -OCH3 is 1. The fraction of sp³-hybridized carbons (Fsp3) is 0.867. The summed E-state index contributed by atoms with van der Waals surface area (Å²) < 4.78 is 5.09. The number of ether oxygens (including phenoxy) is 1. The van der Waals surface area contributed by atoms with E-state index in [1.807, 2.05) is 7.05 Å². The van der Waals surface area contributed by atoms with Gasteiger partial charge in [-0.3, -0.25) is 9.79 Å². The van der Waals surface area contributed by atoms with Gasteiger partial charge in [-0.15, -0.1) is 24.0 Å². The maximum atomic E-state index is 11.2. The van der Waals surface area contributed by atoms with Gasteiger partial charge in [0.25, 0.3) is 0 Å². The number of hydrogen-bond acceptors (Lipinski definition) is 4. The SMILES string of the molecule is CN=C(NCCC(=O)OC)N1CCSC2(CCCCC2)C1.I. The molecule has 0 aromatic heterocycles. The molecule has 0 aromatic rings. The zero-order chi connectivity index (χ0) is 15.1. The Balaban J connectivity index is 0.00000242. The summed E-state index contributed by atoms with van der Waals surface area (Å²) in [6, 6.07) is 0. The molecule has 0 atom stereocenters. The van der Waals surface area contributed by atoms with E-state index in [0.29, 0.717) is 17.7 Å². The summed E-state index contributed by atoms with van der Waals surface area (Å²) in [4.78, 5) is 17.9. The monoisotopic (exact) mass is 441 g/mol. The molecule has 0 amide bonds. The van der Waals surface area contributed by atoms with Crippen LogP contribution in [0.25, 0.3) is 0 Å². The third kappa shape index (κ3) is 5.47. The molecule has 0 bridgehead atoms. The minimum absolute atomic E-state index is 0. The minimum Gasteiger partial charge on any atom is -0.469 e. The molecule has 2 fully saturated rings. The van der Waals surface area contributed by atoms with Gasteiger partial charge in [0.05, 0.1) is 13.5 Å². The molecule has 0 radical (unpaired) electrons. The number of thioether (sulfide) groups is 1. The van der Waals surface area contributed by atoms with Crippen LogP contribution in [-0.2, 0) is 9.53 Å². The van der Waals surface area contributed by atoms with Crippen LogP contribution in [0.3, 0.4) is 0 Å². The van der Waals surface area contributed by atoms with Gasteiger partial charge in [-0.05, 0) is 12.8 Å². The van der Waals surface area contributed by atoms with E-state index in [4.69, 9.17) is 0 Å². The van der Waals surface area contributed by atoms with Crippen LogP contribution >= 0.6 is 35.7 Å². The van der Waals surface area contributed by atoms with Crippen molar-refractivity contribution in [1.82, 2.24) is 10.2 Å². The van der Waals surface area contributed by atoms with Crippen molar-refractivity contribution in [3.63, 3.8) is 0 Å². The lowest BCUT2D eigenvalue weighted by molar-refractivity contribution is -0.140. The molecule has 1 heterocycles. The van der Waals surface area contributed by atoms with Gasteiger partial charge in [0, 0.05) is 37.2 Å². The van der Waals surface area contributed by atoms with Gasteiger partial charge in [-0.2, -0.15) is 11.8 Å². The van der Waals surface area contributed by atoms with E-state index >= 15 is 0 Å². The fourth-order valence-electron chi connectivity index (χ4n) is 3.23. The summed E-state index contributed by atoms with van der Waals surface area (Å²) in [5.41, 5.74) is 0. The second-order valence-corrected chi connectivity index (χ2v) is 7.38. The van der Waals surface area contributed by atoms with E-state index in [2.05, 4.69) is 31.7 Å². The summed E-state index contributed by atoms with van der Waals surface area (Å²) in [6.45, 7) is 2.69. The average Bonchev–Trinajstić information content (AvgIpc) is 2.52. The topological polar surface area (TPSA) is 53.9 Å². The molecule has 1 aliphatic carbocycles. The lowest BCUT2D eigenvalue weighted by Gasteiger charge is -2.45. The Labute approximate surface area is 155 Å². The summed E-state index contributed by atoms with van der Waals surface area (Å²) in [5.74, 6) is 1.90. The molecule has 1 saturated heterocycles. The van der Waals surface area contributed by atoms with E-state index in [9.17, 15) is 4.79 Å². The molecule has 5 nitrogen and oxygen atoms in total. The van der Waals surface area contributed by atoms with Gasteiger partial charge >= 0.3 is 5.97 Å². The quantitative estimate of drug-likeness (QED) is 0.316. The van der Waals surface area contributed by atoms with E-state index < -0.39 is 0 Å². The van der Waals surface area contributed by atoms with Gasteiger partial charge in [0.1, 0.15) is 0 Å². The zero-order valence-electron chi connectivity index (χ0n) is 13.6. The number of carbonyl (C=O) groups is 1. The first kappa shape index (κ1) is 19.9. The zero-order valence-corrected chi connectivity index (χ0v) is 16.7. The fourth-order valence-corrected chi connectivity index (χ4v) is 4.80. The Morgan fingerprint density at radius 1 is 1.36 bits per heavy atom. The highest BCUT2D eigenvalue weighted by Crippen LogP contribution is 2.42. The first-order valence-corrected chi connectivity index (χ1v) is 8.84. The Kier molecular flexibility index (Phi) is 8.89. The van der Waals surface area contributed by atoms with E-state index in [-0.39, 0.29) is 29.9 Å². The van der Waals surface area contributed by atoms with Crippen molar-refractivity contribution < 1.29 is 9.53 Å². The molecule has 1 saturated carbocycles. The predicted molar refractivity (Wildman–Crippen MR) is 103 cm³/mol. The number of aliphatic imine (C=N–C) groups is 1. The highest BCUT2D eigenvalue weighted by atomic mass is 127. The number of hydrogen-bond donors (Lipinski definition) is 1. The Hall–Kier alpha value is -0.180. The lowest BCUT2D eigenvalue weighted by atomic mass is 9.87. The molecular weight excluding hydrogens is 413 g/mol. The Bertz CT molecular complexity index is 381. The molecule has 7 heteroatoms. The average molecular weight is 441 g/mol. The normalized spacial score (nSPS) is 21.2. The van der Waals surface area contributed by atoms with Gasteiger partial charge in [-0.25, -0.2) is 0 Å². The summed E-state index contributed by atoms with van der Waals surface area (Å²) in [7, 11) is 3.24. The van der Waals surface area contributed by atoms with Crippen molar-refractivity contribution in [2.24, 2.45) is 4.99 Å². The van der Waals surface area contributed by atoms with Crippen LogP contribution in [-0.4, -0.2) is 61.1 Å².